The molecule has 1 unspecified atom stereocenters. The van der Waals surface area contributed by atoms with E-state index in [2.05, 4.69) is 4.72 Å². The van der Waals surface area contributed by atoms with Crippen LogP contribution in [-0.2, 0) is 10.0 Å². The minimum atomic E-state index is -3.64. The monoisotopic (exact) mass is 286 g/mol. The molecule has 0 aliphatic heterocycles. The van der Waals surface area contributed by atoms with Gasteiger partial charge in [0.15, 0.2) is 0 Å². The van der Waals surface area contributed by atoms with Gasteiger partial charge in [0.05, 0.1) is 10.5 Å². The van der Waals surface area contributed by atoms with Crippen LogP contribution in [0.5, 0.6) is 0 Å². The third-order valence-electron chi connectivity index (χ3n) is 2.66. The summed E-state index contributed by atoms with van der Waals surface area (Å²) in [7, 11) is -3.64. The number of sulfonamides is 1. The molecule has 5 nitrogen and oxygen atoms in total. The minimum absolute atomic E-state index is 0.0255. The molecule has 0 bridgehead atoms. The molecule has 0 spiro atoms. The summed E-state index contributed by atoms with van der Waals surface area (Å²) < 4.78 is 26.5. The molecule has 1 rings (SSSR count). The van der Waals surface area contributed by atoms with Crippen molar-refractivity contribution in [3.63, 3.8) is 0 Å². The molecule has 1 aromatic rings. The van der Waals surface area contributed by atoms with Gasteiger partial charge < -0.3 is 10.8 Å². The zero-order valence-electron chi connectivity index (χ0n) is 11.6. The van der Waals surface area contributed by atoms with Crippen LogP contribution >= 0.6 is 0 Å². The van der Waals surface area contributed by atoms with E-state index >= 15 is 0 Å². The maximum Gasteiger partial charge on any atom is 0.240 e. The van der Waals surface area contributed by atoms with Crippen molar-refractivity contribution in [2.24, 2.45) is 5.92 Å². The van der Waals surface area contributed by atoms with Crippen molar-refractivity contribution >= 4 is 15.7 Å². The number of nitrogens with one attached hydrogen (secondary N) is 1. The molecule has 0 saturated carbocycles. The van der Waals surface area contributed by atoms with Gasteiger partial charge in [0.1, 0.15) is 0 Å². The summed E-state index contributed by atoms with van der Waals surface area (Å²) >= 11 is 0. The van der Waals surface area contributed by atoms with Crippen molar-refractivity contribution < 1.29 is 13.5 Å². The number of hydrogen-bond donors (Lipinski definition) is 3. The van der Waals surface area contributed by atoms with Gasteiger partial charge in [-0.1, -0.05) is 19.9 Å². The fraction of sp³-hybridized carbons (Fsp3) is 0.538. The van der Waals surface area contributed by atoms with Crippen LogP contribution in [0, 0.1) is 5.92 Å². The second-order valence-corrected chi connectivity index (χ2v) is 7.26. The van der Waals surface area contributed by atoms with Crippen LogP contribution in [0.4, 0.5) is 5.69 Å². The molecular weight excluding hydrogens is 264 g/mol. The Bertz CT molecular complexity index is 524. The number of hydrogen-bond acceptors (Lipinski definition) is 4. The van der Waals surface area contributed by atoms with Crippen LogP contribution in [0.1, 0.15) is 27.2 Å². The average molecular weight is 286 g/mol. The molecule has 0 fully saturated rings. The van der Waals surface area contributed by atoms with Crippen LogP contribution in [0.3, 0.4) is 0 Å². The normalized spacial score (nSPS) is 15.4. The lowest BCUT2D eigenvalue weighted by Crippen LogP contribution is -2.41. The van der Waals surface area contributed by atoms with Gasteiger partial charge in [-0.3, -0.25) is 0 Å². The predicted octanol–water partition coefficient (Wildman–Crippen LogP) is 1.34. The van der Waals surface area contributed by atoms with Gasteiger partial charge in [0.2, 0.25) is 10.0 Å². The number of nitrogen functional groups attached to an aromatic ring is 1. The van der Waals surface area contributed by atoms with Crippen molar-refractivity contribution in [1.29, 1.82) is 0 Å². The molecule has 0 saturated heterocycles. The highest BCUT2D eigenvalue weighted by Crippen LogP contribution is 2.17. The Labute approximate surface area is 114 Å². The molecule has 108 valence electrons. The molecule has 19 heavy (non-hydrogen) atoms. The van der Waals surface area contributed by atoms with Crippen molar-refractivity contribution in [2.45, 2.75) is 37.7 Å². The number of anilines is 1. The van der Waals surface area contributed by atoms with Gasteiger partial charge in [0.25, 0.3) is 0 Å². The van der Waals surface area contributed by atoms with Crippen LogP contribution in [0.2, 0.25) is 0 Å². The highest BCUT2D eigenvalue weighted by molar-refractivity contribution is 7.89. The molecule has 6 heteroatoms. The molecule has 0 amide bonds. The van der Waals surface area contributed by atoms with Gasteiger partial charge >= 0.3 is 0 Å². The number of rotatable bonds is 6. The van der Waals surface area contributed by atoms with Crippen molar-refractivity contribution in [3.8, 4) is 0 Å². The molecule has 0 radical (unpaired) electrons. The standard InChI is InChI=1S/C13H22N2O3S/c1-10(2)8-13(3,16)9-15-19(17,18)12-6-4-5-11(14)7-12/h4-7,10,15-16H,8-9,14H2,1-3H3. The first-order valence-electron chi connectivity index (χ1n) is 6.20. The molecule has 4 N–H and O–H groups in total. The quantitative estimate of drug-likeness (QED) is 0.688. The van der Waals surface area contributed by atoms with Gasteiger partial charge in [-0.05, 0) is 37.5 Å². The van der Waals surface area contributed by atoms with Gasteiger partial charge in [-0.15, -0.1) is 0 Å². The molecule has 0 aliphatic carbocycles. The lowest BCUT2D eigenvalue weighted by atomic mass is 9.95. The fourth-order valence-corrected chi connectivity index (χ4v) is 3.18. The molecule has 0 aromatic heterocycles. The lowest BCUT2D eigenvalue weighted by Gasteiger charge is -2.25. The summed E-state index contributed by atoms with van der Waals surface area (Å²) in [6.07, 6.45) is 0.520. The van der Waals surface area contributed by atoms with E-state index in [1.54, 1.807) is 19.1 Å². The van der Waals surface area contributed by atoms with E-state index in [1.165, 1.54) is 12.1 Å². The topological polar surface area (TPSA) is 92.4 Å². The summed E-state index contributed by atoms with van der Waals surface area (Å²) in [6, 6.07) is 6.06. The Kier molecular flexibility index (Phi) is 4.95. The zero-order chi connectivity index (χ0) is 14.7. The van der Waals surface area contributed by atoms with E-state index in [1.807, 2.05) is 13.8 Å². The molecular formula is C13H22N2O3S. The average Bonchev–Trinajstić information content (AvgIpc) is 2.25. The van der Waals surface area contributed by atoms with Crippen molar-refractivity contribution in [2.75, 3.05) is 12.3 Å². The van der Waals surface area contributed by atoms with E-state index < -0.39 is 15.6 Å². The summed E-state index contributed by atoms with van der Waals surface area (Å²) in [5.74, 6) is 0.284. The van der Waals surface area contributed by atoms with Crippen LogP contribution < -0.4 is 10.5 Å². The fourth-order valence-electron chi connectivity index (χ4n) is 1.97. The van der Waals surface area contributed by atoms with E-state index in [-0.39, 0.29) is 17.4 Å². The Morgan fingerprint density at radius 2 is 2.05 bits per heavy atom. The second-order valence-electron chi connectivity index (χ2n) is 5.49. The summed E-state index contributed by atoms with van der Waals surface area (Å²) in [5.41, 5.74) is 4.88. The molecule has 0 heterocycles. The molecule has 1 atom stereocenters. The summed E-state index contributed by atoms with van der Waals surface area (Å²) in [4.78, 5) is 0.104. The highest BCUT2D eigenvalue weighted by atomic mass is 32.2. The van der Waals surface area contributed by atoms with Crippen LogP contribution in [0.25, 0.3) is 0 Å². The first kappa shape index (κ1) is 15.9. The maximum atomic E-state index is 12.0. The molecule has 1 aromatic carbocycles. The smallest absolute Gasteiger partial charge is 0.240 e. The van der Waals surface area contributed by atoms with E-state index in [0.717, 1.165) is 0 Å². The van der Waals surface area contributed by atoms with Crippen LogP contribution in [-0.4, -0.2) is 25.7 Å². The third kappa shape index (κ3) is 5.18. The third-order valence-corrected chi connectivity index (χ3v) is 4.06. The number of nitrogens with two attached hydrogens (primary N) is 1. The predicted molar refractivity (Wildman–Crippen MR) is 76.1 cm³/mol. The SMILES string of the molecule is CC(C)CC(C)(O)CNS(=O)(=O)c1cccc(N)c1. The first-order chi connectivity index (χ1) is 8.62. The Hall–Kier alpha value is -1.11. The van der Waals surface area contributed by atoms with Gasteiger partial charge in [0, 0.05) is 12.2 Å². The lowest BCUT2D eigenvalue weighted by molar-refractivity contribution is 0.0437. The maximum absolute atomic E-state index is 12.0. The van der Waals surface area contributed by atoms with Crippen LogP contribution in [0.15, 0.2) is 29.2 Å². The number of benzene rings is 1. The van der Waals surface area contributed by atoms with Crippen molar-refractivity contribution in [3.05, 3.63) is 24.3 Å². The first-order valence-corrected chi connectivity index (χ1v) is 7.68. The van der Waals surface area contributed by atoms with E-state index in [0.29, 0.717) is 12.1 Å². The molecule has 0 aliphatic rings. The van der Waals surface area contributed by atoms with E-state index in [9.17, 15) is 13.5 Å². The van der Waals surface area contributed by atoms with Gasteiger partial charge in [-0.2, -0.15) is 0 Å². The Morgan fingerprint density at radius 1 is 1.42 bits per heavy atom. The second kappa shape index (κ2) is 5.90. The van der Waals surface area contributed by atoms with Crippen molar-refractivity contribution in [1.82, 2.24) is 4.72 Å². The zero-order valence-corrected chi connectivity index (χ0v) is 12.4. The van der Waals surface area contributed by atoms with E-state index in [4.69, 9.17) is 5.73 Å². The Morgan fingerprint density at radius 3 is 2.58 bits per heavy atom. The van der Waals surface area contributed by atoms with Gasteiger partial charge in [-0.25, -0.2) is 13.1 Å². The number of aliphatic hydroxyl groups is 1. The largest absolute Gasteiger partial charge is 0.399 e. The Balaban J connectivity index is 2.76. The highest BCUT2D eigenvalue weighted by Gasteiger charge is 2.25. The summed E-state index contributed by atoms with van der Waals surface area (Å²) in [6.45, 7) is 5.54. The minimum Gasteiger partial charge on any atom is -0.399 e. The summed E-state index contributed by atoms with van der Waals surface area (Å²) in [5, 5.41) is 10.1.